The predicted octanol–water partition coefficient (Wildman–Crippen LogP) is 3.79. The Hall–Kier alpha value is -3.04. The fourth-order valence-electron chi connectivity index (χ4n) is 2.73. The van der Waals surface area contributed by atoms with Gasteiger partial charge in [0.05, 0.1) is 17.5 Å². The van der Waals surface area contributed by atoms with Gasteiger partial charge in [0.2, 0.25) is 11.8 Å². The lowest BCUT2D eigenvalue weighted by atomic mass is 10.0. The number of hydrogen-bond acceptors (Lipinski definition) is 2. The smallest absolute Gasteiger partial charge is 0.368 e. The molecule has 0 saturated carbocycles. The first-order valence-corrected chi connectivity index (χ1v) is 8.68. The first-order valence-electron chi connectivity index (χ1n) is 8.68. The molecule has 0 heterocycles. The Labute approximate surface area is 168 Å². The van der Waals surface area contributed by atoms with E-state index in [1.807, 2.05) is 6.92 Å². The van der Waals surface area contributed by atoms with E-state index in [-0.39, 0.29) is 12.5 Å². The van der Waals surface area contributed by atoms with Crippen molar-refractivity contribution in [1.29, 1.82) is 0 Å². The molecular formula is C20H18F6N2O2. The molecule has 2 aromatic carbocycles. The molecule has 0 saturated heterocycles. The minimum absolute atomic E-state index is 0.0228. The van der Waals surface area contributed by atoms with Gasteiger partial charge in [0.1, 0.15) is 6.04 Å². The van der Waals surface area contributed by atoms with Crippen LogP contribution >= 0.6 is 0 Å². The van der Waals surface area contributed by atoms with Crippen molar-refractivity contribution in [2.45, 2.75) is 38.2 Å². The van der Waals surface area contributed by atoms with E-state index in [2.05, 4.69) is 5.32 Å². The summed E-state index contributed by atoms with van der Waals surface area (Å²) in [6.07, 6.45) is -10.8. The number of rotatable bonds is 6. The van der Waals surface area contributed by atoms with Crippen LogP contribution in [0.25, 0.3) is 0 Å². The minimum Gasteiger partial charge on any atom is -0.368 e. The summed E-state index contributed by atoms with van der Waals surface area (Å²) in [6.45, 7) is 1.85. The van der Waals surface area contributed by atoms with Crippen molar-refractivity contribution in [3.63, 3.8) is 0 Å². The Morgan fingerprint density at radius 2 is 1.40 bits per heavy atom. The van der Waals surface area contributed by atoms with E-state index in [0.717, 1.165) is 5.56 Å². The van der Waals surface area contributed by atoms with Gasteiger partial charge in [-0.1, -0.05) is 29.8 Å². The summed E-state index contributed by atoms with van der Waals surface area (Å²) in [4.78, 5) is 23.9. The second kappa shape index (κ2) is 8.76. The normalized spacial score (nSPS) is 13.0. The zero-order valence-electron chi connectivity index (χ0n) is 15.7. The quantitative estimate of drug-likeness (QED) is 0.682. The Morgan fingerprint density at radius 3 is 1.83 bits per heavy atom. The van der Waals surface area contributed by atoms with Crippen molar-refractivity contribution < 1.29 is 35.9 Å². The highest BCUT2D eigenvalue weighted by Crippen LogP contribution is 2.36. The molecule has 1 atom stereocenters. The Kier molecular flexibility index (Phi) is 6.79. The fraction of sp³-hybridized carbons (Fsp3) is 0.300. The molecule has 0 radical (unpaired) electrons. The van der Waals surface area contributed by atoms with E-state index in [9.17, 15) is 35.9 Å². The van der Waals surface area contributed by atoms with Crippen LogP contribution in [0.3, 0.4) is 0 Å². The Bertz CT molecular complexity index is 888. The lowest BCUT2D eigenvalue weighted by Gasteiger charge is -2.17. The summed E-state index contributed by atoms with van der Waals surface area (Å²) in [7, 11) is 0. The summed E-state index contributed by atoms with van der Waals surface area (Å²) >= 11 is 0. The molecule has 0 fully saturated rings. The Balaban J connectivity index is 2.20. The van der Waals surface area contributed by atoms with Crippen molar-refractivity contribution in [1.82, 2.24) is 5.32 Å². The standard InChI is InChI=1S/C20H18F6N2O2/c1-11-2-4-12(5-3-11)8-16(18(27)30)28-17(29)9-13-6-14(19(21,22)23)10-15(7-13)20(24,25)26/h2-7,10,16H,8-9H2,1H3,(H2,27,30)(H,28,29)/t16-/m1/s1. The number of halogens is 6. The van der Waals surface area contributed by atoms with Crippen molar-refractivity contribution >= 4 is 11.8 Å². The lowest BCUT2D eigenvalue weighted by Crippen LogP contribution is -2.46. The van der Waals surface area contributed by atoms with Gasteiger partial charge in [0, 0.05) is 6.42 Å². The first kappa shape index (κ1) is 23.2. The van der Waals surface area contributed by atoms with Crippen LogP contribution in [-0.2, 0) is 34.8 Å². The van der Waals surface area contributed by atoms with Gasteiger partial charge in [0.15, 0.2) is 0 Å². The average molecular weight is 432 g/mol. The lowest BCUT2D eigenvalue weighted by molar-refractivity contribution is -0.143. The van der Waals surface area contributed by atoms with Crippen LogP contribution in [0.1, 0.15) is 27.8 Å². The van der Waals surface area contributed by atoms with Crippen LogP contribution < -0.4 is 11.1 Å². The molecule has 30 heavy (non-hydrogen) atoms. The van der Waals surface area contributed by atoms with Crippen molar-refractivity contribution in [2.24, 2.45) is 5.73 Å². The van der Waals surface area contributed by atoms with Crippen LogP contribution in [0.4, 0.5) is 26.3 Å². The molecule has 0 unspecified atom stereocenters. The van der Waals surface area contributed by atoms with E-state index in [0.29, 0.717) is 17.7 Å². The molecule has 0 aliphatic heterocycles. The van der Waals surface area contributed by atoms with E-state index in [4.69, 9.17) is 5.73 Å². The van der Waals surface area contributed by atoms with E-state index in [1.54, 1.807) is 24.3 Å². The molecule has 4 nitrogen and oxygen atoms in total. The molecule has 0 aliphatic carbocycles. The SMILES string of the molecule is Cc1ccc(C[C@@H](NC(=O)Cc2cc(C(F)(F)F)cc(C(F)(F)F)c2)C(N)=O)cc1. The molecule has 0 aliphatic rings. The third-order valence-electron chi connectivity index (χ3n) is 4.25. The van der Waals surface area contributed by atoms with E-state index >= 15 is 0 Å². The summed E-state index contributed by atoms with van der Waals surface area (Å²) in [5, 5.41) is 2.27. The van der Waals surface area contributed by atoms with Crippen LogP contribution in [0.5, 0.6) is 0 Å². The number of benzene rings is 2. The van der Waals surface area contributed by atoms with Crippen molar-refractivity contribution in [3.8, 4) is 0 Å². The number of nitrogens with two attached hydrogens (primary N) is 1. The van der Waals surface area contributed by atoms with Gasteiger partial charge in [-0.25, -0.2) is 0 Å². The second-order valence-electron chi connectivity index (χ2n) is 6.80. The monoisotopic (exact) mass is 432 g/mol. The minimum atomic E-state index is -5.02. The number of primary amides is 1. The highest BCUT2D eigenvalue weighted by atomic mass is 19.4. The Morgan fingerprint density at radius 1 is 0.900 bits per heavy atom. The number of amides is 2. The topological polar surface area (TPSA) is 72.2 Å². The van der Waals surface area contributed by atoms with Crippen LogP contribution in [-0.4, -0.2) is 17.9 Å². The van der Waals surface area contributed by atoms with Gasteiger partial charge < -0.3 is 11.1 Å². The van der Waals surface area contributed by atoms with E-state index in [1.165, 1.54) is 0 Å². The van der Waals surface area contributed by atoms with Crippen molar-refractivity contribution in [2.75, 3.05) is 0 Å². The average Bonchev–Trinajstić information content (AvgIpc) is 2.61. The van der Waals surface area contributed by atoms with Crippen molar-refractivity contribution in [3.05, 3.63) is 70.3 Å². The summed E-state index contributed by atoms with van der Waals surface area (Å²) < 4.78 is 77.6. The molecule has 0 aromatic heterocycles. The fourth-order valence-corrected chi connectivity index (χ4v) is 2.73. The number of aryl methyl sites for hydroxylation is 1. The number of carbonyl (C=O) groups is 2. The maximum absolute atomic E-state index is 12.9. The van der Waals surface area contributed by atoms with Gasteiger partial charge in [-0.05, 0) is 36.2 Å². The van der Waals surface area contributed by atoms with Gasteiger partial charge in [-0.3, -0.25) is 9.59 Å². The van der Waals surface area contributed by atoms with Gasteiger partial charge >= 0.3 is 12.4 Å². The molecule has 0 spiro atoms. The summed E-state index contributed by atoms with van der Waals surface area (Å²) in [6, 6.07) is 6.70. The van der Waals surface area contributed by atoms with Crippen LogP contribution in [0.2, 0.25) is 0 Å². The molecule has 2 rings (SSSR count). The van der Waals surface area contributed by atoms with Gasteiger partial charge in [-0.2, -0.15) is 26.3 Å². The third-order valence-corrected chi connectivity index (χ3v) is 4.25. The summed E-state index contributed by atoms with van der Waals surface area (Å²) in [5.74, 6) is -1.82. The number of alkyl halides is 6. The molecule has 162 valence electrons. The molecule has 2 aromatic rings. The van der Waals surface area contributed by atoms with E-state index < -0.39 is 53.3 Å². The van der Waals surface area contributed by atoms with Crippen LogP contribution in [0, 0.1) is 6.92 Å². The second-order valence-corrected chi connectivity index (χ2v) is 6.80. The molecule has 2 amide bonds. The number of hydrogen-bond donors (Lipinski definition) is 2. The van der Waals surface area contributed by atoms with Crippen LogP contribution in [0.15, 0.2) is 42.5 Å². The number of nitrogens with one attached hydrogen (secondary N) is 1. The third kappa shape index (κ3) is 6.50. The highest BCUT2D eigenvalue weighted by molar-refractivity contribution is 5.87. The predicted molar refractivity (Wildman–Crippen MR) is 96.2 cm³/mol. The van der Waals surface area contributed by atoms with Gasteiger partial charge in [0.25, 0.3) is 0 Å². The number of carbonyl (C=O) groups excluding carboxylic acids is 2. The first-order chi connectivity index (χ1) is 13.8. The zero-order valence-corrected chi connectivity index (χ0v) is 15.7. The van der Waals surface area contributed by atoms with Gasteiger partial charge in [-0.15, -0.1) is 0 Å². The zero-order chi connectivity index (χ0) is 22.7. The molecular weight excluding hydrogens is 414 g/mol. The molecule has 3 N–H and O–H groups in total. The largest absolute Gasteiger partial charge is 0.416 e. The molecule has 0 bridgehead atoms. The maximum atomic E-state index is 12.9. The summed E-state index contributed by atoms with van der Waals surface area (Å²) in [5.41, 5.74) is 3.36. The maximum Gasteiger partial charge on any atom is 0.416 e. The highest BCUT2D eigenvalue weighted by Gasteiger charge is 2.37. The molecule has 10 heteroatoms.